The maximum absolute atomic E-state index is 12.9. The van der Waals surface area contributed by atoms with Gasteiger partial charge in [-0.15, -0.1) is 0 Å². The third-order valence-electron chi connectivity index (χ3n) is 5.70. The third kappa shape index (κ3) is 4.51. The van der Waals surface area contributed by atoms with Crippen molar-refractivity contribution >= 4 is 21.7 Å². The maximum atomic E-state index is 12.9. The molecule has 1 unspecified atom stereocenters. The minimum Gasteiger partial charge on any atom is -0.339 e. The highest BCUT2D eigenvalue weighted by Gasteiger charge is 2.37. The number of piperidine rings is 1. The molecule has 2 heterocycles. The van der Waals surface area contributed by atoms with E-state index in [0.717, 1.165) is 5.56 Å². The van der Waals surface area contributed by atoms with E-state index in [9.17, 15) is 18.0 Å². The number of hydrogen-bond donors (Lipinski definition) is 0. The van der Waals surface area contributed by atoms with Crippen LogP contribution in [0.15, 0.2) is 24.3 Å². The first-order valence-electron chi connectivity index (χ1n) is 9.67. The molecule has 3 rings (SSSR count). The van der Waals surface area contributed by atoms with Gasteiger partial charge in [-0.3, -0.25) is 9.59 Å². The molecule has 0 aliphatic carbocycles. The van der Waals surface area contributed by atoms with Crippen LogP contribution in [0.5, 0.6) is 0 Å². The third-order valence-corrected chi connectivity index (χ3v) is 7.45. The second-order valence-corrected chi connectivity index (χ2v) is 9.84. The van der Waals surface area contributed by atoms with E-state index in [1.165, 1.54) is 0 Å². The van der Waals surface area contributed by atoms with Gasteiger partial charge in [0.25, 0.3) is 5.91 Å². The molecule has 2 aliphatic rings. The standard InChI is InChI=1S/C20H28N2O4S/c1-3-22(18-10-13-27(25,26)14-18)20(24)17-8-11-21(12-9-17)19(23)16-6-4-15(2)5-7-16/h4-7,17-18H,3,8-14H2,1-2H3. The Morgan fingerprint density at radius 2 is 1.74 bits per heavy atom. The van der Waals surface area contributed by atoms with Crippen molar-refractivity contribution in [2.75, 3.05) is 31.1 Å². The molecule has 2 amide bonds. The molecular weight excluding hydrogens is 364 g/mol. The van der Waals surface area contributed by atoms with Crippen molar-refractivity contribution in [3.8, 4) is 0 Å². The summed E-state index contributed by atoms with van der Waals surface area (Å²) in [4.78, 5) is 29.1. The van der Waals surface area contributed by atoms with Crippen molar-refractivity contribution in [2.45, 2.75) is 39.2 Å². The molecule has 2 aliphatic heterocycles. The Hall–Kier alpha value is -1.89. The molecule has 27 heavy (non-hydrogen) atoms. The topological polar surface area (TPSA) is 74.8 Å². The summed E-state index contributed by atoms with van der Waals surface area (Å²) in [5.74, 6) is 0.176. The Kier molecular flexibility index (Phi) is 5.89. The van der Waals surface area contributed by atoms with Crippen molar-refractivity contribution in [1.29, 1.82) is 0 Å². The maximum Gasteiger partial charge on any atom is 0.253 e. The number of benzene rings is 1. The fraction of sp³-hybridized carbons (Fsp3) is 0.600. The first kappa shape index (κ1) is 19.9. The van der Waals surface area contributed by atoms with Crippen LogP contribution in [0, 0.1) is 12.8 Å². The van der Waals surface area contributed by atoms with Crippen molar-refractivity contribution in [3.05, 3.63) is 35.4 Å². The van der Waals surface area contributed by atoms with Crippen LogP contribution in [0.25, 0.3) is 0 Å². The average molecular weight is 393 g/mol. The van der Waals surface area contributed by atoms with Gasteiger partial charge in [0.05, 0.1) is 11.5 Å². The minimum atomic E-state index is -3.02. The zero-order valence-corrected chi connectivity index (χ0v) is 16.9. The molecule has 1 aromatic rings. The number of nitrogens with zero attached hydrogens (tertiary/aromatic N) is 2. The van der Waals surface area contributed by atoms with Crippen LogP contribution in [0.2, 0.25) is 0 Å². The predicted octanol–water partition coefficient (Wildman–Crippen LogP) is 1.88. The van der Waals surface area contributed by atoms with Gasteiger partial charge in [-0.1, -0.05) is 17.7 Å². The summed E-state index contributed by atoms with van der Waals surface area (Å²) in [6.45, 7) is 5.54. The van der Waals surface area contributed by atoms with Crippen molar-refractivity contribution in [3.63, 3.8) is 0 Å². The number of sulfone groups is 1. The summed E-state index contributed by atoms with van der Waals surface area (Å²) in [6.07, 6.45) is 1.80. The first-order valence-corrected chi connectivity index (χ1v) is 11.5. The Morgan fingerprint density at radius 3 is 2.26 bits per heavy atom. The van der Waals surface area contributed by atoms with E-state index in [0.29, 0.717) is 44.5 Å². The number of carbonyl (C=O) groups excluding carboxylic acids is 2. The summed E-state index contributed by atoms with van der Waals surface area (Å²) < 4.78 is 23.5. The lowest BCUT2D eigenvalue weighted by Crippen LogP contribution is -2.48. The summed E-state index contributed by atoms with van der Waals surface area (Å²) in [5.41, 5.74) is 1.79. The molecule has 0 bridgehead atoms. The first-order chi connectivity index (χ1) is 12.8. The molecule has 0 radical (unpaired) electrons. The number of amides is 2. The van der Waals surface area contributed by atoms with Gasteiger partial charge >= 0.3 is 0 Å². The molecule has 6 nitrogen and oxygen atoms in total. The Morgan fingerprint density at radius 1 is 1.11 bits per heavy atom. The van der Waals surface area contributed by atoms with Crippen LogP contribution < -0.4 is 0 Å². The van der Waals surface area contributed by atoms with Gasteiger partial charge in [0.2, 0.25) is 5.91 Å². The quantitative estimate of drug-likeness (QED) is 0.784. The van der Waals surface area contributed by atoms with Gasteiger partial charge in [-0.2, -0.15) is 0 Å². The molecule has 148 valence electrons. The normalized spacial score (nSPS) is 22.6. The van der Waals surface area contributed by atoms with Crippen LogP contribution in [0.1, 0.15) is 42.1 Å². The van der Waals surface area contributed by atoms with Gasteiger partial charge in [-0.05, 0) is 45.2 Å². The zero-order chi connectivity index (χ0) is 19.6. The zero-order valence-electron chi connectivity index (χ0n) is 16.1. The fourth-order valence-corrected chi connectivity index (χ4v) is 5.79. The monoisotopic (exact) mass is 392 g/mol. The van der Waals surface area contributed by atoms with Gasteiger partial charge in [0.15, 0.2) is 9.84 Å². The van der Waals surface area contributed by atoms with E-state index in [1.54, 1.807) is 4.90 Å². The van der Waals surface area contributed by atoms with Crippen LogP contribution in [-0.4, -0.2) is 67.2 Å². The second-order valence-electron chi connectivity index (χ2n) is 7.61. The van der Waals surface area contributed by atoms with E-state index in [-0.39, 0.29) is 35.3 Å². The minimum absolute atomic E-state index is 0.00938. The van der Waals surface area contributed by atoms with E-state index in [2.05, 4.69) is 0 Å². The Labute approximate surface area is 161 Å². The second kappa shape index (κ2) is 8.00. The molecule has 2 saturated heterocycles. The van der Waals surface area contributed by atoms with E-state index in [4.69, 9.17) is 0 Å². The van der Waals surface area contributed by atoms with Gasteiger partial charge in [0.1, 0.15) is 0 Å². The van der Waals surface area contributed by atoms with Crippen molar-refractivity contribution < 1.29 is 18.0 Å². The summed E-state index contributed by atoms with van der Waals surface area (Å²) >= 11 is 0. The summed E-state index contributed by atoms with van der Waals surface area (Å²) in [7, 11) is -3.02. The molecule has 0 N–H and O–H groups in total. The molecule has 0 aromatic heterocycles. The lowest BCUT2D eigenvalue weighted by Gasteiger charge is -2.36. The smallest absolute Gasteiger partial charge is 0.253 e. The van der Waals surface area contributed by atoms with Gasteiger partial charge in [-0.25, -0.2) is 8.42 Å². The van der Waals surface area contributed by atoms with E-state index < -0.39 is 9.84 Å². The van der Waals surface area contributed by atoms with Gasteiger partial charge in [0, 0.05) is 37.2 Å². The number of aryl methyl sites for hydroxylation is 1. The lowest BCUT2D eigenvalue weighted by molar-refractivity contribution is -0.138. The lowest BCUT2D eigenvalue weighted by atomic mass is 9.94. The van der Waals surface area contributed by atoms with E-state index in [1.807, 2.05) is 43.0 Å². The summed E-state index contributed by atoms with van der Waals surface area (Å²) in [5, 5.41) is 0. The van der Waals surface area contributed by atoms with Gasteiger partial charge < -0.3 is 9.80 Å². The number of carbonyl (C=O) groups is 2. The molecule has 1 aromatic carbocycles. The highest BCUT2D eigenvalue weighted by atomic mass is 32.2. The van der Waals surface area contributed by atoms with Crippen LogP contribution in [-0.2, 0) is 14.6 Å². The number of hydrogen-bond acceptors (Lipinski definition) is 4. The summed E-state index contributed by atoms with van der Waals surface area (Å²) in [6, 6.07) is 7.35. The predicted molar refractivity (Wildman–Crippen MR) is 104 cm³/mol. The van der Waals surface area contributed by atoms with Crippen molar-refractivity contribution in [1.82, 2.24) is 9.80 Å². The molecular formula is C20H28N2O4S. The SMILES string of the molecule is CCN(C(=O)C1CCN(C(=O)c2ccc(C)cc2)CC1)C1CCS(=O)(=O)C1. The molecule has 2 fully saturated rings. The Balaban J connectivity index is 1.58. The Bertz CT molecular complexity index is 796. The number of likely N-dealkylation sites (tertiary alicyclic amines) is 1. The van der Waals surface area contributed by atoms with Crippen LogP contribution in [0.4, 0.5) is 0 Å². The number of rotatable bonds is 4. The fourth-order valence-electron chi connectivity index (χ4n) is 4.06. The largest absolute Gasteiger partial charge is 0.339 e. The van der Waals surface area contributed by atoms with Crippen molar-refractivity contribution in [2.24, 2.45) is 5.92 Å². The van der Waals surface area contributed by atoms with E-state index >= 15 is 0 Å². The van der Waals surface area contributed by atoms with Crippen LogP contribution in [0.3, 0.4) is 0 Å². The molecule has 0 saturated carbocycles. The van der Waals surface area contributed by atoms with Crippen LogP contribution >= 0.6 is 0 Å². The molecule has 7 heteroatoms. The molecule has 1 atom stereocenters. The highest BCUT2D eigenvalue weighted by Crippen LogP contribution is 2.25. The average Bonchev–Trinajstić information content (AvgIpc) is 3.02. The molecule has 0 spiro atoms. The highest BCUT2D eigenvalue weighted by molar-refractivity contribution is 7.91.